The fraction of sp³-hybridized carbons (Fsp3) is 0.417. The number of methoxy groups -OCH3 is 1. The number of hydrogen-bond acceptors (Lipinski definition) is 4. The van der Waals surface area contributed by atoms with Gasteiger partial charge in [0.2, 0.25) is 0 Å². The highest BCUT2D eigenvalue weighted by Crippen LogP contribution is 2.16. The Balaban J connectivity index is 2.65. The highest BCUT2D eigenvalue weighted by atomic mass is 16.5. The lowest BCUT2D eigenvalue weighted by molar-refractivity contribution is -0.141. The summed E-state index contributed by atoms with van der Waals surface area (Å²) >= 11 is 0. The predicted molar refractivity (Wildman–Crippen MR) is 65.9 cm³/mol. The van der Waals surface area contributed by atoms with Crippen molar-refractivity contribution in [3.63, 3.8) is 0 Å². The maximum absolute atomic E-state index is 11.2. The molecule has 1 rings (SSSR count). The monoisotopic (exact) mass is 222 g/mol. The van der Waals surface area contributed by atoms with Crippen LogP contribution < -0.4 is 10.2 Å². The van der Waals surface area contributed by atoms with Gasteiger partial charge >= 0.3 is 5.97 Å². The molecular weight excluding hydrogens is 204 g/mol. The van der Waals surface area contributed by atoms with Crippen LogP contribution in [0.2, 0.25) is 0 Å². The second kappa shape index (κ2) is 5.39. The molecule has 1 N–H and O–H groups in total. The van der Waals surface area contributed by atoms with E-state index in [4.69, 9.17) is 0 Å². The maximum atomic E-state index is 11.2. The molecule has 0 aromatic heterocycles. The van der Waals surface area contributed by atoms with Crippen LogP contribution in [-0.4, -0.2) is 33.2 Å². The van der Waals surface area contributed by atoms with Crippen molar-refractivity contribution in [3.05, 3.63) is 24.3 Å². The van der Waals surface area contributed by atoms with Gasteiger partial charge in [-0.15, -0.1) is 0 Å². The van der Waals surface area contributed by atoms with Crippen molar-refractivity contribution < 1.29 is 9.53 Å². The molecule has 0 aliphatic rings. The first-order valence-electron chi connectivity index (χ1n) is 5.16. The number of carbonyl (C=O) groups excluding carboxylic acids is 1. The third-order valence-corrected chi connectivity index (χ3v) is 2.32. The third kappa shape index (κ3) is 3.15. The second-order valence-electron chi connectivity index (χ2n) is 3.83. The average Bonchev–Trinajstić information content (AvgIpc) is 2.28. The van der Waals surface area contributed by atoms with E-state index in [2.05, 4.69) is 10.1 Å². The molecule has 0 unspecified atom stereocenters. The van der Waals surface area contributed by atoms with Crippen molar-refractivity contribution in [2.45, 2.75) is 13.0 Å². The molecule has 0 aliphatic heterocycles. The number of benzene rings is 1. The predicted octanol–water partition coefficient (Wildman–Crippen LogP) is 1.73. The topological polar surface area (TPSA) is 41.6 Å². The van der Waals surface area contributed by atoms with Gasteiger partial charge in [-0.05, 0) is 31.2 Å². The molecule has 88 valence electrons. The van der Waals surface area contributed by atoms with Crippen molar-refractivity contribution in [2.75, 3.05) is 31.4 Å². The SMILES string of the molecule is COC(=O)[C@H](C)Nc1ccc(N(C)C)cc1. The Labute approximate surface area is 96.2 Å². The van der Waals surface area contributed by atoms with Crippen LogP contribution >= 0.6 is 0 Å². The van der Waals surface area contributed by atoms with Crippen molar-refractivity contribution in [2.24, 2.45) is 0 Å². The number of rotatable bonds is 4. The molecule has 0 saturated carbocycles. The molecule has 16 heavy (non-hydrogen) atoms. The van der Waals surface area contributed by atoms with E-state index in [0.29, 0.717) is 0 Å². The zero-order valence-corrected chi connectivity index (χ0v) is 10.2. The van der Waals surface area contributed by atoms with Gasteiger partial charge in [-0.2, -0.15) is 0 Å². The molecule has 0 amide bonds. The standard InChI is InChI=1S/C12H18N2O2/c1-9(12(15)16-4)13-10-5-7-11(8-6-10)14(2)3/h5-9,13H,1-4H3/t9-/m0/s1. The number of anilines is 2. The van der Waals surface area contributed by atoms with Crippen molar-refractivity contribution in [3.8, 4) is 0 Å². The minimum Gasteiger partial charge on any atom is -0.467 e. The van der Waals surface area contributed by atoms with Gasteiger partial charge in [0, 0.05) is 25.5 Å². The first-order chi connectivity index (χ1) is 7.54. The summed E-state index contributed by atoms with van der Waals surface area (Å²) < 4.78 is 4.64. The summed E-state index contributed by atoms with van der Waals surface area (Å²) in [5.74, 6) is -0.267. The molecule has 0 heterocycles. The minimum absolute atomic E-state index is 0.267. The molecule has 0 radical (unpaired) electrons. The third-order valence-electron chi connectivity index (χ3n) is 2.32. The van der Waals surface area contributed by atoms with E-state index in [9.17, 15) is 4.79 Å². The average molecular weight is 222 g/mol. The van der Waals surface area contributed by atoms with Crippen LogP contribution in [0.4, 0.5) is 11.4 Å². The van der Waals surface area contributed by atoms with Crippen molar-refractivity contribution in [1.82, 2.24) is 0 Å². The van der Waals surface area contributed by atoms with Crippen LogP contribution in [0.1, 0.15) is 6.92 Å². The van der Waals surface area contributed by atoms with Gasteiger partial charge < -0.3 is 15.0 Å². The molecular formula is C12H18N2O2. The Bertz CT molecular complexity index is 347. The van der Waals surface area contributed by atoms with E-state index in [1.54, 1.807) is 6.92 Å². The summed E-state index contributed by atoms with van der Waals surface area (Å²) in [5.41, 5.74) is 2.03. The van der Waals surface area contributed by atoms with Gasteiger partial charge in [0.1, 0.15) is 6.04 Å². The molecule has 0 spiro atoms. The largest absolute Gasteiger partial charge is 0.467 e. The molecule has 4 heteroatoms. The highest BCUT2D eigenvalue weighted by molar-refractivity contribution is 5.78. The summed E-state index contributed by atoms with van der Waals surface area (Å²) in [5, 5.41) is 3.07. The number of esters is 1. The second-order valence-corrected chi connectivity index (χ2v) is 3.83. The summed E-state index contributed by atoms with van der Waals surface area (Å²) in [6.45, 7) is 1.77. The van der Waals surface area contributed by atoms with Crippen LogP contribution in [0.15, 0.2) is 24.3 Å². The molecule has 0 fully saturated rings. The number of nitrogens with one attached hydrogen (secondary N) is 1. The highest BCUT2D eigenvalue weighted by Gasteiger charge is 2.11. The van der Waals surface area contributed by atoms with E-state index in [0.717, 1.165) is 11.4 Å². The van der Waals surface area contributed by atoms with E-state index < -0.39 is 0 Å². The molecule has 1 atom stereocenters. The minimum atomic E-state index is -0.338. The molecule has 1 aromatic rings. The lowest BCUT2D eigenvalue weighted by Crippen LogP contribution is -2.27. The van der Waals surface area contributed by atoms with Crippen LogP contribution in [0.25, 0.3) is 0 Å². The fourth-order valence-corrected chi connectivity index (χ4v) is 1.34. The Morgan fingerprint density at radius 3 is 2.31 bits per heavy atom. The van der Waals surface area contributed by atoms with Gasteiger partial charge in [0.05, 0.1) is 7.11 Å². The smallest absolute Gasteiger partial charge is 0.327 e. The number of carbonyl (C=O) groups is 1. The quantitative estimate of drug-likeness (QED) is 0.788. The van der Waals surface area contributed by atoms with Gasteiger partial charge in [0.25, 0.3) is 0 Å². The maximum Gasteiger partial charge on any atom is 0.327 e. The Morgan fingerprint density at radius 1 is 1.31 bits per heavy atom. The summed E-state index contributed by atoms with van der Waals surface area (Å²) in [7, 11) is 5.36. The lowest BCUT2D eigenvalue weighted by atomic mass is 10.2. The van der Waals surface area contributed by atoms with E-state index in [1.165, 1.54) is 7.11 Å². The molecule has 0 aliphatic carbocycles. The van der Waals surface area contributed by atoms with Crippen LogP contribution in [0, 0.1) is 0 Å². The van der Waals surface area contributed by atoms with E-state index >= 15 is 0 Å². The first kappa shape index (κ1) is 12.4. The fourth-order valence-electron chi connectivity index (χ4n) is 1.34. The van der Waals surface area contributed by atoms with Crippen LogP contribution in [-0.2, 0) is 9.53 Å². The van der Waals surface area contributed by atoms with Gasteiger partial charge in [-0.3, -0.25) is 0 Å². The molecule has 4 nitrogen and oxygen atoms in total. The number of ether oxygens (including phenoxy) is 1. The van der Waals surface area contributed by atoms with E-state index in [-0.39, 0.29) is 12.0 Å². The Morgan fingerprint density at radius 2 is 1.88 bits per heavy atom. The normalized spacial score (nSPS) is 11.8. The van der Waals surface area contributed by atoms with Crippen LogP contribution in [0.3, 0.4) is 0 Å². The summed E-state index contributed by atoms with van der Waals surface area (Å²) in [6.07, 6.45) is 0. The number of nitrogens with zero attached hydrogens (tertiary/aromatic N) is 1. The van der Waals surface area contributed by atoms with Gasteiger partial charge in [-0.1, -0.05) is 0 Å². The first-order valence-corrected chi connectivity index (χ1v) is 5.16. The van der Waals surface area contributed by atoms with E-state index in [1.807, 2.05) is 43.3 Å². The molecule has 1 aromatic carbocycles. The Hall–Kier alpha value is -1.71. The summed E-state index contributed by atoms with van der Waals surface area (Å²) in [6, 6.07) is 7.53. The Kier molecular flexibility index (Phi) is 4.17. The zero-order chi connectivity index (χ0) is 12.1. The number of hydrogen-bond donors (Lipinski definition) is 1. The van der Waals surface area contributed by atoms with Crippen LogP contribution in [0.5, 0.6) is 0 Å². The zero-order valence-electron chi connectivity index (χ0n) is 10.2. The van der Waals surface area contributed by atoms with Gasteiger partial charge in [-0.25, -0.2) is 4.79 Å². The van der Waals surface area contributed by atoms with Crippen molar-refractivity contribution in [1.29, 1.82) is 0 Å². The summed E-state index contributed by atoms with van der Waals surface area (Å²) in [4.78, 5) is 13.2. The molecule has 0 bridgehead atoms. The van der Waals surface area contributed by atoms with Crippen molar-refractivity contribution >= 4 is 17.3 Å². The molecule has 0 saturated heterocycles. The van der Waals surface area contributed by atoms with Gasteiger partial charge in [0.15, 0.2) is 0 Å². The lowest BCUT2D eigenvalue weighted by Gasteiger charge is -2.15.